The summed E-state index contributed by atoms with van der Waals surface area (Å²) in [6.45, 7) is 7.58. The SMILES string of the molecule is CCOC(CCCCCCC(=O)[SiH3])(OCC)OCC.[Ti]. The smallest absolute Gasteiger partial charge is 0.282 e. The Morgan fingerprint density at radius 1 is 0.900 bits per heavy atom. The zero-order valence-electron chi connectivity index (χ0n) is 13.5. The van der Waals surface area contributed by atoms with Crippen LogP contribution in [0.5, 0.6) is 0 Å². The quantitative estimate of drug-likeness (QED) is 0.293. The monoisotopic (exact) mass is 338 g/mol. The van der Waals surface area contributed by atoms with Crippen LogP contribution in [0.1, 0.15) is 59.3 Å². The summed E-state index contributed by atoms with van der Waals surface area (Å²) in [5, 5.41) is 0.410. The molecule has 4 nitrogen and oxygen atoms in total. The minimum Gasteiger partial charge on any atom is -0.328 e. The second-order valence-corrected chi connectivity index (χ2v) is 5.71. The van der Waals surface area contributed by atoms with E-state index in [1.165, 1.54) is 0 Å². The van der Waals surface area contributed by atoms with Crippen LogP contribution in [-0.2, 0) is 40.7 Å². The summed E-state index contributed by atoms with van der Waals surface area (Å²) in [6, 6.07) is 0. The van der Waals surface area contributed by atoms with E-state index in [1.807, 2.05) is 20.8 Å². The van der Waals surface area contributed by atoms with E-state index in [2.05, 4.69) is 0 Å². The second-order valence-electron chi connectivity index (χ2n) is 4.60. The maximum absolute atomic E-state index is 10.9. The molecule has 0 spiro atoms. The van der Waals surface area contributed by atoms with E-state index in [4.69, 9.17) is 14.2 Å². The molecule has 0 aliphatic carbocycles. The fourth-order valence-electron chi connectivity index (χ4n) is 2.07. The standard InChI is InChI=1S/C14H30O4Si.Ti/c1-4-16-14(17-5-2,18-6-3)12-10-8-7-9-11-13(15)19;/h4-12H2,1-3,19H3;. The molecule has 0 amide bonds. The summed E-state index contributed by atoms with van der Waals surface area (Å²) in [5.41, 5.74) is 0. The van der Waals surface area contributed by atoms with Crippen molar-refractivity contribution in [1.29, 1.82) is 0 Å². The van der Waals surface area contributed by atoms with Crippen molar-refractivity contribution in [2.75, 3.05) is 19.8 Å². The van der Waals surface area contributed by atoms with Gasteiger partial charge in [0.2, 0.25) is 0 Å². The van der Waals surface area contributed by atoms with Crippen LogP contribution in [0.25, 0.3) is 0 Å². The fraction of sp³-hybridized carbons (Fsp3) is 0.929. The largest absolute Gasteiger partial charge is 0.328 e. The summed E-state index contributed by atoms with van der Waals surface area (Å²) in [4.78, 5) is 10.9. The average molecular weight is 338 g/mol. The third-order valence-electron chi connectivity index (χ3n) is 2.85. The van der Waals surface area contributed by atoms with Crippen molar-refractivity contribution in [3.63, 3.8) is 0 Å². The van der Waals surface area contributed by atoms with Crippen LogP contribution < -0.4 is 0 Å². The van der Waals surface area contributed by atoms with Crippen molar-refractivity contribution >= 4 is 15.6 Å². The topological polar surface area (TPSA) is 44.8 Å². The minimum atomic E-state index is -0.869. The predicted molar refractivity (Wildman–Crippen MR) is 80.3 cm³/mol. The van der Waals surface area contributed by atoms with Crippen LogP contribution in [0.3, 0.4) is 0 Å². The minimum absolute atomic E-state index is 0. The van der Waals surface area contributed by atoms with Crippen molar-refractivity contribution < 1.29 is 40.7 Å². The van der Waals surface area contributed by atoms with Gasteiger partial charge in [0.15, 0.2) is 0 Å². The number of carbonyl (C=O) groups excluding carboxylic acids is 1. The summed E-state index contributed by atoms with van der Waals surface area (Å²) >= 11 is 0. The van der Waals surface area contributed by atoms with E-state index in [9.17, 15) is 4.79 Å². The third-order valence-corrected chi connectivity index (χ3v) is 3.35. The van der Waals surface area contributed by atoms with Gasteiger partial charge in [-0.05, 0) is 33.6 Å². The fourth-order valence-corrected chi connectivity index (χ4v) is 2.42. The number of carbonyl (C=O) groups is 1. The number of ether oxygens (including phenoxy) is 3. The molecule has 0 radical (unpaired) electrons. The summed E-state index contributed by atoms with van der Waals surface area (Å²) < 4.78 is 17.0. The molecule has 0 aromatic rings. The molecule has 0 N–H and O–H groups in total. The van der Waals surface area contributed by atoms with Gasteiger partial charge >= 0.3 is 0 Å². The van der Waals surface area contributed by atoms with Gasteiger partial charge in [-0.3, -0.25) is 0 Å². The Morgan fingerprint density at radius 2 is 1.35 bits per heavy atom. The summed E-state index contributed by atoms with van der Waals surface area (Å²) in [7, 11) is 0.684. The summed E-state index contributed by atoms with van der Waals surface area (Å²) in [6.07, 6.45) is 5.68. The van der Waals surface area contributed by atoms with Crippen LogP contribution in [-0.4, -0.2) is 41.4 Å². The number of rotatable bonds is 13. The van der Waals surface area contributed by atoms with Gasteiger partial charge in [0, 0.05) is 54.4 Å². The van der Waals surface area contributed by atoms with E-state index < -0.39 is 5.97 Å². The van der Waals surface area contributed by atoms with Gasteiger partial charge in [-0.15, -0.1) is 0 Å². The zero-order valence-corrected chi connectivity index (χ0v) is 17.1. The van der Waals surface area contributed by atoms with Gasteiger partial charge < -0.3 is 19.0 Å². The maximum Gasteiger partial charge on any atom is 0.282 e. The van der Waals surface area contributed by atoms with Crippen molar-refractivity contribution in [3.8, 4) is 0 Å². The van der Waals surface area contributed by atoms with E-state index >= 15 is 0 Å². The Bertz CT molecular complexity index is 222. The first kappa shape index (κ1) is 22.8. The van der Waals surface area contributed by atoms with Gasteiger partial charge in [-0.25, -0.2) is 0 Å². The van der Waals surface area contributed by atoms with Gasteiger partial charge in [0.1, 0.15) is 5.41 Å². The molecule has 0 rings (SSSR count). The van der Waals surface area contributed by atoms with Gasteiger partial charge in [-0.2, -0.15) is 0 Å². The van der Waals surface area contributed by atoms with Gasteiger partial charge in [0.05, 0.1) is 10.2 Å². The Morgan fingerprint density at radius 3 is 1.75 bits per heavy atom. The van der Waals surface area contributed by atoms with E-state index in [1.54, 1.807) is 0 Å². The van der Waals surface area contributed by atoms with Crippen LogP contribution in [0.2, 0.25) is 0 Å². The zero-order chi connectivity index (χ0) is 14.6. The Hall–Kier alpha value is 0.481. The molecular weight excluding hydrogens is 308 g/mol. The number of unbranched alkanes of at least 4 members (excludes halogenated alkanes) is 3. The third kappa shape index (κ3) is 11.2. The molecule has 0 heterocycles. The van der Waals surface area contributed by atoms with Crippen molar-refractivity contribution in [1.82, 2.24) is 0 Å². The predicted octanol–water partition coefficient (Wildman–Crippen LogP) is 1.98. The number of hydrogen-bond donors (Lipinski definition) is 0. The normalized spacial score (nSPS) is 11.3. The van der Waals surface area contributed by atoms with E-state index in [-0.39, 0.29) is 21.7 Å². The first-order chi connectivity index (χ1) is 9.10. The molecular formula is C14H30O4SiTi. The first-order valence-electron chi connectivity index (χ1n) is 7.51. The van der Waals surface area contributed by atoms with Crippen molar-refractivity contribution in [2.45, 2.75) is 65.3 Å². The van der Waals surface area contributed by atoms with Crippen molar-refractivity contribution in [3.05, 3.63) is 0 Å². The number of hydrogen-bond acceptors (Lipinski definition) is 4. The second kappa shape index (κ2) is 14.4. The Balaban J connectivity index is 0. The molecule has 0 unspecified atom stereocenters. The molecule has 0 saturated carbocycles. The van der Waals surface area contributed by atoms with Crippen molar-refractivity contribution in [2.24, 2.45) is 0 Å². The molecule has 0 bridgehead atoms. The molecule has 0 aliphatic rings. The molecule has 118 valence electrons. The molecule has 6 heteroatoms. The average Bonchev–Trinajstić information content (AvgIpc) is 2.34. The van der Waals surface area contributed by atoms with Crippen LogP contribution in [0.15, 0.2) is 0 Å². The molecule has 0 aliphatic heterocycles. The molecule has 0 aromatic heterocycles. The van der Waals surface area contributed by atoms with Crippen LogP contribution in [0, 0.1) is 0 Å². The maximum atomic E-state index is 10.9. The van der Waals surface area contributed by atoms with Gasteiger partial charge in [0.25, 0.3) is 5.97 Å². The Kier molecular flexibility index (Phi) is 16.4. The van der Waals surface area contributed by atoms with Gasteiger partial charge in [-0.1, -0.05) is 12.8 Å². The molecule has 0 saturated heterocycles. The van der Waals surface area contributed by atoms with Crippen LogP contribution in [0.4, 0.5) is 0 Å². The van der Waals surface area contributed by atoms with Crippen LogP contribution >= 0.6 is 0 Å². The van der Waals surface area contributed by atoms with E-state index in [0.29, 0.717) is 35.5 Å². The molecule has 20 heavy (non-hydrogen) atoms. The molecule has 0 aromatic carbocycles. The molecule has 0 atom stereocenters. The molecule has 0 fully saturated rings. The first-order valence-corrected chi connectivity index (χ1v) is 8.51. The van der Waals surface area contributed by atoms with E-state index in [0.717, 1.165) is 38.5 Å². The summed E-state index contributed by atoms with van der Waals surface area (Å²) in [5.74, 6) is -0.869. The Labute approximate surface area is 141 Å².